The molecular weight excluding hydrogens is 318 g/mol. The highest BCUT2D eigenvalue weighted by molar-refractivity contribution is 7.88. The number of nitro benzene ring substituents is 1. The van der Waals surface area contributed by atoms with Crippen LogP contribution in [-0.2, 0) is 10.0 Å². The summed E-state index contributed by atoms with van der Waals surface area (Å²) in [6.45, 7) is 2.17. The molecule has 0 saturated carbocycles. The fourth-order valence-electron chi connectivity index (χ4n) is 2.74. The van der Waals surface area contributed by atoms with Gasteiger partial charge in [0.15, 0.2) is 0 Å². The lowest BCUT2D eigenvalue weighted by atomic mass is 10.1. The van der Waals surface area contributed by atoms with Crippen molar-refractivity contribution >= 4 is 21.8 Å². The lowest BCUT2D eigenvalue weighted by Crippen LogP contribution is -2.47. The van der Waals surface area contributed by atoms with Gasteiger partial charge in [-0.2, -0.15) is 0 Å². The number of piperidine rings is 1. The summed E-state index contributed by atoms with van der Waals surface area (Å²) in [4.78, 5) is 12.7. The predicted molar refractivity (Wildman–Crippen MR) is 89.6 cm³/mol. The third-order valence-electron chi connectivity index (χ3n) is 3.68. The van der Waals surface area contributed by atoms with Crippen LogP contribution in [0.1, 0.15) is 18.4 Å². The Bertz CT molecular complexity index is 688. The maximum Gasteiger partial charge on any atom is 0.276 e. The standard InChI is InChI=1S/C15H21N3O4S/c1-23(21,22)16-14-8-5-11-17(12-14)10-4-7-13-6-2-3-9-15(13)18(19)20/h2-4,6-7,9,14,16H,5,8,10-12H2,1H3. The first-order chi connectivity index (χ1) is 10.8. The van der Waals surface area contributed by atoms with Gasteiger partial charge in [-0.05, 0) is 25.5 Å². The Balaban J connectivity index is 1.94. The molecule has 0 amide bonds. The van der Waals surface area contributed by atoms with E-state index in [1.807, 2.05) is 6.08 Å². The largest absolute Gasteiger partial charge is 0.298 e. The Morgan fingerprint density at radius 1 is 1.43 bits per heavy atom. The molecular formula is C15H21N3O4S. The van der Waals surface area contributed by atoms with Crippen molar-refractivity contribution in [2.75, 3.05) is 25.9 Å². The number of hydrogen-bond acceptors (Lipinski definition) is 5. The van der Waals surface area contributed by atoms with E-state index in [4.69, 9.17) is 0 Å². The van der Waals surface area contributed by atoms with Crippen LogP contribution in [0.3, 0.4) is 0 Å². The van der Waals surface area contributed by atoms with Crippen molar-refractivity contribution in [1.82, 2.24) is 9.62 Å². The summed E-state index contributed by atoms with van der Waals surface area (Å²) in [5.41, 5.74) is 0.652. The van der Waals surface area contributed by atoms with E-state index in [0.717, 1.165) is 19.4 Å². The Kier molecular flexibility index (Phi) is 5.86. The average molecular weight is 339 g/mol. The van der Waals surface area contributed by atoms with Gasteiger partial charge in [0, 0.05) is 25.2 Å². The van der Waals surface area contributed by atoms with Gasteiger partial charge in [-0.3, -0.25) is 15.0 Å². The molecule has 0 spiro atoms. The molecule has 7 nitrogen and oxygen atoms in total. The molecule has 2 rings (SSSR count). The molecule has 1 aliphatic rings. The van der Waals surface area contributed by atoms with Crippen molar-refractivity contribution in [3.63, 3.8) is 0 Å². The van der Waals surface area contributed by atoms with Crippen LogP contribution in [0.4, 0.5) is 5.69 Å². The van der Waals surface area contributed by atoms with Crippen molar-refractivity contribution < 1.29 is 13.3 Å². The maximum atomic E-state index is 11.3. The zero-order chi connectivity index (χ0) is 16.9. The van der Waals surface area contributed by atoms with Gasteiger partial charge in [0.2, 0.25) is 10.0 Å². The molecule has 1 saturated heterocycles. The van der Waals surface area contributed by atoms with E-state index >= 15 is 0 Å². The zero-order valence-corrected chi connectivity index (χ0v) is 13.8. The SMILES string of the molecule is CS(=O)(=O)NC1CCCN(CC=Cc2ccccc2[N+](=O)[O-])C1. The van der Waals surface area contributed by atoms with Gasteiger partial charge in [0.25, 0.3) is 5.69 Å². The van der Waals surface area contributed by atoms with E-state index in [1.165, 1.54) is 12.3 Å². The van der Waals surface area contributed by atoms with Crippen LogP contribution in [-0.4, -0.2) is 50.2 Å². The summed E-state index contributed by atoms with van der Waals surface area (Å²) in [5.74, 6) is 0. The van der Waals surface area contributed by atoms with Crippen molar-refractivity contribution in [2.45, 2.75) is 18.9 Å². The van der Waals surface area contributed by atoms with E-state index in [-0.39, 0.29) is 11.7 Å². The second-order valence-corrected chi connectivity index (χ2v) is 7.49. The molecule has 23 heavy (non-hydrogen) atoms. The topological polar surface area (TPSA) is 92.6 Å². The molecule has 0 aromatic heterocycles. The monoisotopic (exact) mass is 339 g/mol. The van der Waals surface area contributed by atoms with Crippen molar-refractivity contribution in [3.05, 3.63) is 46.0 Å². The Morgan fingerprint density at radius 2 is 2.17 bits per heavy atom. The van der Waals surface area contributed by atoms with Crippen molar-refractivity contribution in [2.24, 2.45) is 0 Å². The predicted octanol–water partition coefficient (Wildman–Crippen LogP) is 1.62. The molecule has 8 heteroatoms. The summed E-state index contributed by atoms with van der Waals surface area (Å²) >= 11 is 0. The number of benzene rings is 1. The maximum absolute atomic E-state index is 11.3. The molecule has 1 aliphatic heterocycles. The van der Waals surface area contributed by atoms with Crippen LogP contribution >= 0.6 is 0 Å². The van der Waals surface area contributed by atoms with E-state index in [1.54, 1.807) is 24.3 Å². The van der Waals surface area contributed by atoms with Crippen molar-refractivity contribution in [1.29, 1.82) is 0 Å². The molecule has 0 bridgehead atoms. The minimum absolute atomic E-state index is 0.0711. The van der Waals surface area contributed by atoms with Gasteiger partial charge in [-0.1, -0.05) is 24.3 Å². The highest BCUT2D eigenvalue weighted by Crippen LogP contribution is 2.19. The fourth-order valence-corrected chi connectivity index (χ4v) is 3.54. The molecule has 1 atom stereocenters. The molecule has 126 valence electrons. The minimum atomic E-state index is -3.20. The summed E-state index contributed by atoms with van der Waals surface area (Å²) in [6, 6.07) is 6.52. The smallest absolute Gasteiger partial charge is 0.276 e. The van der Waals surface area contributed by atoms with E-state index in [0.29, 0.717) is 18.7 Å². The number of nitrogens with one attached hydrogen (secondary N) is 1. The van der Waals surface area contributed by atoms with Gasteiger partial charge in [-0.15, -0.1) is 0 Å². The van der Waals surface area contributed by atoms with Crippen LogP contribution in [0.5, 0.6) is 0 Å². The zero-order valence-electron chi connectivity index (χ0n) is 13.0. The lowest BCUT2D eigenvalue weighted by Gasteiger charge is -2.31. The summed E-state index contributed by atoms with van der Waals surface area (Å²) in [6.07, 6.45) is 6.54. The number of nitro groups is 1. The Morgan fingerprint density at radius 3 is 2.87 bits per heavy atom. The molecule has 1 unspecified atom stereocenters. The first kappa shape index (κ1) is 17.6. The molecule has 1 heterocycles. The van der Waals surface area contributed by atoms with Crippen LogP contribution in [0.15, 0.2) is 30.3 Å². The number of sulfonamides is 1. The average Bonchev–Trinajstić information content (AvgIpc) is 2.46. The molecule has 1 aromatic rings. The van der Waals surface area contributed by atoms with Crippen molar-refractivity contribution in [3.8, 4) is 0 Å². The molecule has 1 aromatic carbocycles. The van der Waals surface area contributed by atoms with Gasteiger partial charge >= 0.3 is 0 Å². The van der Waals surface area contributed by atoms with Crippen LogP contribution in [0, 0.1) is 10.1 Å². The van der Waals surface area contributed by atoms with Gasteiger partial charge < -0.3 is 0 Å². The normalized spacial score (nSPS) is 20.0. The number of rotatable bonds is 6. The first-order valence-electron chi connectivity index (χ1n) is 7.45. The quantitative estimate of drug-likeness (QED) is 0.628. The molecule has 0 aliphatic carbocycles. The van der Waals surface area contributed by atoms with E-state index in [9.17, 15) is 18.5 Å². The second kappa shape index (κ2) is 7.67. The Labute approximate surface area is 136 Å². The number of likely N-dealkylation sites (tertiary alicyclic amines) is 1. The van der Waals surface area contributed by atoms with Gasteiger partial charge in [0.1, 0.15) is 0 Å². The highest BCUT2D eigenvalue weighted by Gasteiger charge is 2.21. The fraction of sp³-hybridized carbons (Fsp3) is 0.467. The third kappa shape index (κ3) is 5.74. The van der Waals surface area contributed by atoms with E-state index in [2.05, 4.69) is 9.62 Å². The second-order valence-electron chi connectivity index (χ2n) is 5.71. The third-order valence-corrected chi connectivity index (χ3v) is 4.44. The van der Waals surface area contributed by atoms with Gasteiger partial charge in [-0.25, -0.2) is 13.1 Å². The van der Waals surface area contributed by atoms with Crippen LogP contribution in [0.2, 0.25) is 0 Å². The number of hydrogen-bond donors (Lipinski definition) is 1. The number of nitrogens with zero attached hydrogens (tertiary/aromatic N) is 2. The Hall–Kier alpha value is -1.77. The summed E-state index contributed by atoms with van der Waals surface area (Å²) in [5, 5.41) is 11.0. The highest BCUT2D eigenvalue weighted by atomic mass is 32.2. The van der Waals surface area contributed by atoms with Gasteiger partial charge in [0.05, 0.1) is 16.7 Å². The van der Waals surface area contributed by atoms with Crippen LogP contribution < -0.4 is 4.72 Å². The summed E-state index contributed by atoms with van der Waals surface area (Å²) < 4.78 is 25.2. The minimum Gasteiger partial charge on any atom is -0.298 e. The lowest BCUT2D eigenvalue weighted by molar-refractivity contribution is -0.385. The molecule has 1 fully saturated rings. The summed E-state index contributed by atoms with van der Waals surface area (Å²) in [7, 11) is -3.20. The number of para-hydroxylation sites is 1. The molecule has 1 N–H and O–H groups in total. The molecule has 0 radical (unpaired) electrons. The van der Waals surface area contributed by atoms with E-state index < -0.39 is 14.9 Å². The van der Waals surface area contributed by atoms with Crippen LogP contribution in [0.25, 0.3) is 6.08 Å². The first-order valence-corrected chi connectivity index (χ1v) is 9.34.